The summed E-state index contributed by atoms with van der Waals surface area (Å²) in [5, 5.41) is 0. The van der Waals surface area contributed by atoms with Crippen molar-refractivity contribution in [3.8, 4) is 0 Å². The van der Waals surface area contributed by atoms with Gasteiger partial charge in [-0.15, -0.1) is 5.98 Å². The standard InChI is InChI=1S/C6H9BF3O3.K/c1-2-12-6(11)13-5-3-4-7(8,9)10;/h3-4H,2,5H2,1H3;/q-1;+1/b4-3+;. The van der Waals surface area contributed by atoms with Gasteiger partial charge in [0.25, 0.3) is 0 Å². The maximum atomic E-state index is 11.5. The van der Waals surface area contributed by atoms with Crippen molar-refractivity contribution in [1.29, 1.82) is 0 Å². The number of hydrogen-bond acceptors (Lipinski definition) is 3. The van der Waals surface area contributed by atoms with E-state index in [1.807, 2.05) is 0 Å². The summed E-state index contributed by atoms with van der Waals surface area (Å²) in [6.07, 6.45) is -0.251. The van der Waals surface area contributed by atoms with Gasteiger partial charge in [-0.3, -0.25) is 0 Å². The molecule has 14 heavy (non-hydrogen) atoms. The predicted octanol–water partition coefficient (Wildman–Crippen LogP) is -0.894. The number of carbonyl (C=O) groups is 1. The molecular weight excluding hydrogens is 227 g/mol. The molecule has 76 valence electrons. The summed E-state index contributed by atoms with van der Waals surface area (Å²) in [4.78, 5) is 10.4. The Morgan fingerprint density at radius 2 is 1.93 bits per heavy atom. The Morgan fingerprint density at radius 1 is 1.36 bits per heavy atom. The maximum Gasteiger partial charge on any atom is 1.00 e. The van der Waals surface area contributed by atoms with E-state index in [0.29, 0.717) is 0 Å². The summed E-state index contributed by atoms with van der Waals surface area (Å²) in [6, 6.07) is 0. The third-order valence-corrected chi connectivity index (χ3v) is 0.914. The Morgan fingerprint density at radius 3 is 2.36 bits per heavy atom. The first kappa shape index (κ1) is 16.9. The fourth-order valence-corrected chi connectivity index (χ4v) is 0.486. The van der Waals surface area contributed by atoms with Gasteiger partial charge in [0.2, 0.25) is 0 Å². The van der Waals surface area contributed by atoms with Gasteiger partial charge in [0, 0.05) is 0 Å². The van der Waals surface area contributed by atoms with Crippen LogP contribution in [-0.2, 0) is 9.47 Å². The molecule has 0 aromatic carbocycles. The average Bonchev–Trinajstić information content (AvgIpc) is 1.97. The first-order chi connectivity index (χ1) is 5.95. The molecule has 0 atom stereocenters. The average molecular weight is 236 g/mol. The van der Waals surface area contributed by atoms with Gasteiger partial charge in [-0.1, -0.05) is 6.08 Å². The van der Waals surface area contributed by atoms with Gasteiger partial charge in [-0.2, -0.15) is 0 Å². The van der Waals surface area contributed by atoms with Gasteiger partial charge in [-0.25, -0.2) is 4.79 Å². The zero-order valence-corrected chi connectivity index (χ0v) is 11.1. The second-order valence-electron chi connectivity index (χ2n) is 2.05. The molecule has 0 bridgehead atoms. The monoisotopic (exact) mass is 236 g/mol. The third kappa shape index (κ3) is 12.5. The van der Waals surface area contributed by atoms with Crippen LogP contribution in [0.3, 0.4) is 0 Å². The van der Waals surface area contributed by atoms with Crippen LogP contribution in [0, 0.1) is 0 Å². The minimum absolute atomic E-state index is 0. The fourth-order valence-electron chi connectivity index (χ4n) is 0.486. The minimum Gasteiger partial charge on any atom is -0.445 e. The summed E-state index contributed by atoms with van der Waals surface area (Å²) in [7, 11) is 0. The zero-order chi connectivity index (χ0) is 10.3. The van der Waals surface area contributed by atoms with E-state index in [2.05, 4.69) is 9.47 Å². The van der Waals surface area contributed by atoms with Crippen molar-refractivity contribution in [3.63, 3.8) is 0 Å². The minimum atomic E-state index is -4.95. The van der Waals surface area contributed by atoms with Gasteiger partial charge in [0.15, 0.2) is 0 Å². The molecule has 0 aliphatic heterocycles. The van der Waals surface area contributed by atoms with E-state index < -0.39 is 19.7 Å². The van der Waals surface area contributed by atoms with E-state index in [0.717, 1.165) is 6.08 Å². The summed E-state index contributed by atoms with van der Waals surface area (Å²) in [6.45, 7) is -3.69. The van der Waals surface area contributed by atoms with Crippen LogP contribution in [0.15, 0.2) is 12.1 Å². The van der Waals surface area contributed by atoms with E-state index in [1.165, 1.54) is 0 Å². The summed E-state index contributed by atoms with van der Waals surface area (Å²) >= 11 is 0. The molecule has 0 radical (unpaired) electrons. The second kappa shape index (κ2) is 8.78. The molecule has 3 nitrogen and oxygen atoms in total. The summed E-state index contributed by atoms with van der Waals surface area (Å²) in [5.74, 6) is 0.0548. The summed E-state index contributed by atoms with van der Waals surface area (Å²) in [5.41, 5.74) is 0. The van der Waals surface area contributed by atoms with Gasteiger partial charge >= 0.3 is 64.5 Å². The van der Waals surface area contributed by atoms with Crippen molar-refractivity contribution >= 4 is 13.1 Å². The molecule has 0 heterocycles. The molecule has 0 rings (SSSR count). The van der Waals surface area contributed by atoms with Crippen LogP contribution in [0.1, 0.15) is 6.92 Å². The number of ether oxygens (including phenoxy) is 2. The van der Waals surface area contributed by atoms with Crippen LogP contribution in [0.2, 0.25) is 0 Å². The van der Waals surface area contributed by atoms with Crippen LogP contribution in [0.4, 0.5) is 17.7 Å². The molecule has 0 aliphatic rings. The van der Waals surface area contributed by atoms with Crippen molar-refractivity contribution in [2.24, 2.45) is 0 Å². The van der Waals surface area contributed by atoms with Gasteiger partial charge in [-0.05, 0) is 6.92 Å². The number of rotatable bonds is 4. The molecule has 0 fully saturated rings. The van der Waals surface area contributed by atoms with Crippen molar-refractivity contribution in [2.75, 3.05) is 13.2 Å². The van der Waals surface area contributed by atoms with E-state index in [-0.39, 0.29) is 64.0 Å². The maximum absolute atomic E-state index is 11.5. The SMILES string of the molecule is CCOC(=O)OC/C=C/[B-](F)(F)F.[K+]. The van der Waals surface area contributed by atoms with Crippen molar-refractivity contribution in [2.45, 2.75) is 6.92 Å². The third-order valence-electron chi connectivity index (χ3n) is 0.914. The Bertz CT molecular complexity index is 195. The van der Waals surface area contributed by atoms with Gasteiger partial charge in [0.1, 0.15) is 6.61 Å². The quantitative estimate of drug-likeness (QED) is 0.469. The zero-order valence-electron chi connectivity index (χ0n) is 8.00. The van der Waals surface area contributed by atoms with Crippen LogP contribution in [-0.4, -0.2) is 26.3 Å². The number of carbonyl (C=O) groups excluding carboxylic acids is 1. The molecule has 0 aromatic rings. The summed E-state index contributed by atoms with van der Waals surface area (Å²) < 4.78 is 43.1. The predicted molar refractivity (Wildman–Crippen MR) is 41.2 cm³/mol. The normalized spacial score (nSPS) is 10.9. The largest absolute Gasteiger partial charge is 1.00 e. The Balaban J connectivity index is 0. The number of halogens is 3. The van der Waals surface area contributed by atoms with Crippen molar-refractivity contribution in [3.05, 3.63) is 12.1 Å². The van der Waals surface area contributed by atoms with E-state index in [4.69, 9.17) is 0 Å². The van der Waals surface area contributed by atoms with Crippen LogP contribution < -0.4 is 51.4 Å². The van der Waals surface area contributed by atoms with E-state index in [9.17, 15) is 17.7 Å². The van der Waals surface area contributed by atoms with Crippen molar-refractivity contribution in [1.82, 2.24) is 0 Å². The molecule has 0 saturated carbocycles. The smallest absolute Gasteiger partial charge is 0.445 e. The first-order valence-electron chi connectivity index (χ1n) is 3.63. The Hall–Kier alpha value is 0.501. The van der Waals surface area contributed by atoms with Crippen LogP contribution in [0.25, 0.3) is 0 Å². The molecule has 8 heteroatoms. The topological polar surface area (TPSA) is 35.5 Å². The number of hydrogen-bond donors (Lipinski definition) is 0. The van der Waals surface area contributed by atoms with Crippen molar-refractivity contribution < 1.29 is 78.6 Å². The molecule has 0 aliphatic carbocycles. The first-order valence-corrected chi connectivity index (χ1v) is 3.63. The fraction of sp³-hybridized carbons (Fsp3) is 0.500. The van der Waals surface area contributed by atoms with Crippen LogP contribution in [0.5, 0.6) is 0 Å². The molecule has 0 unspecified atom stereocenters. The molecule has 0 amide bonds. The van der Waals surface area contributed by atoms with Crippen LogP contribution >= 0.6 is 0 Å². The Kier molecular flexibility index (Phi) is 10.6. The molecular formula is C6H9BF3KO3. The molecule has 0 N–H and O–H groups in total. The Labute approximate surface area is 122 Å². The van der Waals surface area contributed by atoms with E-state index in [1.54, 1.807) is 6.92 Å². The molecule has 0 aromatic heterocycles. The van der Waals surface area contributed by atoms with Gasteiger partial charge in [0.05, 0.1) is 6.61 Å². The van der Waals surface area contributed by atoms with E-state index >= 15 is 0 Å². The second-order valence-corrected chi connectivity index (χ2v) is 2.05. The molecule has 0 saturated heterocycles. The molecule has 0 spiro atoms. The van der Waals surface area contributed by atoms with Gasteiger partial charge < -0.3 is 22.4 Å².